The monoisotopic (exact) mass is 297 g/mol. The molecule has 1 heterocycles. The van der Waals surface area contributed by atoms with Crippen LogP contribution in [0.4, 0.5) is 0 Å². The van der Waals surface area contributed by atoms with E-state index in [1.807, 2.05) is 31.2 Å². The fraction of sp³-hybridized carbons (Fsp3) is 0.0625. The molecule has 2 N–H and O–H groups in total. The molecule has 0 aliphatic carbocycles. The summed E-state index contributed by atoms with van der Waals surface area (Å²) in [6, 6.07) is 11.2. The molecule has 0 radical (unpaired) electrons. The van der Waals surface area contributed by atoms with Gasteiger partial charge in [0.1, 0.15) is 0 Å². The second kappa shape index (κ2) is 5.14. The smallest absolute Gasteiger partial charge is 0.248 e. The first-order chi connectivity index (χ1) is 10.1. The molecule has 0 aliphatic heterocycles. The number of halogens is 1. The number of aryl methyl sites for hydroxylation is 1. The van der Waals surface area contributed by atoms with Crippen LogP contribution in [-0.2, 0) is 0 Å². The summed E-state index contributed by atoms with van der Waals surface area (Å²) in [4.78, 5) is 11.3. The molecule has 1 amide bonds. The van der Waals surface area contributed by atoms with E-state index >= 15 is 0 Å². The number of nitrogens with two attached hydrogens (primary N) is 1. The second-order valence-corrected chi connectivity index (χ2v) is 5.19. The number of rotatable bonds is 2. The Kier molecular flexibility index (Phi) is 3.31. The summed E-state index contributed by atoms with van der Waals surface area (Å²) in [6.07, 6.45) is 1.66. The van der Waals surface area contributed by atoms with Gasteiger partial charge >= 0.3 is 0 Å². The van der Waals surface area contributed by atoms with Gasteiger partial charge < -0.3 is 5.73 Å². The fourth-order valence-electron chi connectivity index (χ4n) is 2.31. The summed E-state index contributed by atoms with van der Waals surface area (Å²) >= 11 is 6.02. The summed E-state index contributed by atoms with van der Waals surface area (Å²) < 4.78 is 0. The summed E-state index contributed by atoms with van der Waals surface area (Å²) in [7, 11) is 0. The molecule has 1 aromatic heterocycles. The molecule has 4 nitrogen and oxygen atoms in total. The Labute approximate surface area is 126 Å². The van der Waals surface area contributed by atoms with E-state index in [2.05, 4.69) is 10.2 Å². The van der Waals surface area contributed by atoms with Gasteiger partial charge in [0.15, 0.2) is 5.15 Å². The Bertz CT molecular complexity index is 861. The lowest BCUT2D eigenvalue weighted by Gasteiger charge is -2.09. The van der Waals surface area contributed by atoms with Crippen molar-refractivity contribution in [2.45, 2.75) is 6.92 Å². The molecule has 0 bridgehead atoms. The van der Waals surface area contributed by atoms with Gasteiger partial charge in [0.25, 0.3) is 0 Å². The van der Waals surface area contributed by atoms with Gasteiger partial charge in [-0.3, -0.25) is 4.79 Å². The average molecular weight is 298 g/mol. The van der Waals surface area contributed by atoms with Crippen LogP contribution in [0.3, 0.4) is 0 Å². The summed E-state index contributed by atoms with van der Waals surface area (Å²) in [5.41, 5.74) is 8.83. The zero-order valence-corrected chi connectivity index (χ0v) is 12.1. The van der Waals surface area contributed by atoms with Crippen LogP contribution in [0.15, 0.2) is 42.6 Å². The van der Waals surface area contributed by atoms with Crippen LogP contribution in [0, 0.1) is 6.92 Å². The molecule has 0 aliphatic rings. The van der Waals surface area contributed by atoms with E-state index in [4.69, 9.17) is 17.3 Å². The highest BCUT2D eigenvalue weighted by Gasteiger charge is 2.08. The van der Waals surface area contributed by atoms with Crippen LogP contribution in [0.2, 0.25) is 5.15 Å². The quantitative estimate of drug-likeness (QED) is 0.788. The lowest BCUT2D eigenvalue weighted by atomic mass is 9.96. The number of carbonyl (C=O) groups is 1. The first-order valence-electron chi connectivity index (χ1n) is 6.38. The van der Waals surface area contributed by atoms with E-state index in [1.165, 1.54) is 0 Å². The molecule has 0 unspecified atom stereocenters. The van der Waals surface area contributed by atoms with Gasteiger partial charge in [0.2, 0.25) is 5.91 Å². The standard InChI is InChI=1S/C16H12ClN3O/c1-9-2-3-11(16(18)21)7-14(9)10-4-5-13-12(6-10)8-19-20-15(13)17/h2-8H,1H3,(H2,18,21). The Morgan fingerprint density at radius 1 is 1.19 bits per heavy atom. The third-order valence-electron chi connectivity index (χ3n) is 3.45. The number of amides is 1. The maximum atomic E-state index is 11.3. The Hall–Kier alpha value is -2.46. The Morgan fingerprint density at radius 2 is 2.00 bits per heavy atom. The van der Waals surface area contributed by atoms with E-state index < -0.39 is 5.91 Å². The molecule has 0 fully saturated rings. The molecule has 104 valence electrons. The number of nitrogens with zero attached hydrogens (tertiary/aromatic N) is 2. The molecular weight excluding hydrogens is 286 g/mol. The first-order valence-corrected chi connectivity index (χ1v) is 6.76. The predicted molar refractivity (Wildman–Crippen MR) is 83.2 cm³/mol. The van der Waals surface area contributed by atoms with E-state index in [1.54, 1.807) is 18.3 Å². The van der Waals surface area contributed by atoms with E-state index in [0.29, 0.717) is 10.7 Å². The van der Waals surface area contributed by atoms with Crippen molar-refractivity contribution in [2.24, 2.45) is 5.73 Å². The summed E-state index contributed by atoms with van der Waals surface area (Å²) in [5, 5.41) is 9.80. The zero-order chi connectivity index (χ0) is 15.0. The van der Waals surface area contributed by atoms with Crippen molar-refractivity contribution in [3.05, 3.63) is 58.9 Å². The molecule has 5 heteroatoms. The fourth-order valence-corrected chi connectivity index (χ4v) is 2.52. The molecular formula is C16H12ClN3O. The van der Waals surface area contributed by atoms with Crippen LogP contribution in [0.25, 0.3) is 21.9 Å². The van der Waals surface area contributed by atoms with Gasteiger partial charge in [0, 0.05) is 16.3 Å². The highest BCUT2D eigenvalue weighted by Crippen LogP contribution is 2.29. The van der Waals surface area contributed by atoms with Crippen molar-refractivity contribution in [1.82, 2.24) is 10.2 Å². The van der Waals surface area contributed by atoms with Crippen molar-refractivity contribution in [3.63, 3.8) is 0 Å². The maximum absolute atomic E-state index is 11.3. The Balaban J connectivity index is 2.20. The lowest BCUT2D eigenvalue weighted by Crippen LogP contribution is -2.10. The number of benzene rings is 2. The topological polar surface area (TPSA) is 68.9 Å². The van der Waals surface area contributed by atoms with Crippen molar-refractivity contribution >= 4 is 28.3 Å². The van der Waals surface area contributed by atoms with Crippen molar-refractivity contribution in [3.8, 4) is 11.1 Å². The SMILES string of the molecule is Cc1ccc(C(N)=O)cc1-c1ccc2c(Cl)nncc2c1. The van der Waals surface area contributed by atoms with Crippen LogP contribution in [-0.4, -0.2) is 16.1 Å². The predicted octanol–water partition coefficient (Wildman–Crippen LogP) is 3.36. The maximum Gasteiger partial charge on any atom is 0.248 e. The van der Waals surface area contributed by atoms with Gasteiger partial charge in [-0.15, -0.1) is 5.10 Å². The van der Waals surface area contributed by atoms with Crippen molar-refractivity contribution < 1.29 is 4.79 Å². The van der Waals surface area contributed by atoms with Gasteiger partial charge in [0.05, 0.1) is 6.20 Å². The van der Waals surface area contributed by atoms with Crippen molar-refractivity contribution in [1.29, 1.82) is 0 Å². The van der Waals surface area contributed by atoms with Crippen molar-refractivity contribution in [2.75, 3.05) is 0 Å². The lowest BCUT2D eigenvalue weighted by molar-refractivity contribution is 0.100. The summed E-state index contributed by atoms with van der Waals surface area (Å²) in [6.45, 7) is 1.99. The third-order valence-corrected chi connectivity index (χ3v) is 3.73. The molecule has 3 rings (SSSR count). The number of fused-ring (bicyclic) bond motifs is 1. The minimum atomic E-state index is -0.439. The van der Waals surface area contributed by atoms with Crippen LogP contribution in [0.1, 0.15) is 15.9 Å². The summed E-state index contributed by atoms with van der Waals surface area (Å²) in [5.74, 6) is -0.439. The highest BCUT2D eigenvalue weighted by atomic mass is 35.5. The van der Waals surface area contributed by atoms with E-state index in [-0.39, 0.29) is 0 Å². The number of primary amides is 1. The molecule has 0 atom stereocenters. The van der Waals surface area contributed by atoms with E-state index in [9.17, 15) is 4.79 Å². The molecule has 0 saturated carbocycles. The van der Waals surface area contributed by atoms with Crippen LogP contribution in [0.5, 0.6) is 0 Å². The molecule has 3 aromatic rings. The second-order valence-electron chi connectivity index (χ2n) is 4.83. The zero-order valence-electron chi connectivity index (χ0n) is 11.3. The minimum absolute atomic E-state index is 0.377. The minimum Gasteiger partial charge on any atom is -0.366 e. The van der Waals surface area contributed by atoms with Gasteiger partial charge in [-0.25, -0.2) is 0 Å². The van der Waals surface area contributed by atoms with Gasteiger partial charge in [-0.1, -0.05) is 29.8 Å². The molecule has 0 spiro atoms. The van der Waals surface area contributed by atoms with Gasteiger partial charge in [-0.05, 0) is 41.8 Å². The molecule has 21 heavy (non-hydrogen) atoms. The van der Waals surface area contributed by atoms with Crippen LogP contribution >= 0.6 is 11.6 Å². The average Bonchev–Trinajstić information content (AvgIpc) is 2.47. The first kappa shape index (κ1) is 13.5. The number of hydrogen-bond acceptors (Lipinski definition) is 3. The largest absolute Gasteiger partial charge is 0.366 e. The molecule has 2 aromatic carbocycles. The number of carbonyl (C=O) groups excluding carboxylic acids is 1. The molecule has 0 saturated heterocycles. The van der Waals surface area contributed by atoms with Gasteiger partial charge in [-0.2, -0.15) is 5.10 Å². The Morgan fingerprint density at radius 3 is 2.76 bits per heavy atom. The number of hydrogen-bond donors (Lipinski definition) is 1. The van der Waals surface area contributed by atoms with Crippen LogP contribution < -0.4 is 5.73 Å². The third kappa shape index (κ3) is 2.45. The van der Waals surface area contributed by atoms with E-state index in [0.717, 1.165) is 27.5 Å². The normalized spacial score (nSPS) is 10.8. The number of aromatic nitrogens is 2. The highest BCUT2D eigenvalue weighted by molar-refractivity contribution is 6.34.